The molecule has 0 saturated heterocycles. The number of rotatable bonds is 5. The standard InChI is InChI=1S/C25H16FN5O/c1-16-12-18(4-5-20(16)15-28)19-6-9-23(22(26)13-19)32-24-10-11-29-25(31-24)30-21-7-2-17(14-27)3-8-21/h2-13H,1H3,(H,29,30,31). The molecule has 4 aromatic rings. The van der Waals surface area contributed by atoms with Crippen molar-refractivity contribution in [2.45, 2.75) is 6.92 Å². The molecule has 3 aromatic carbocycles. The Balaban J connectivity index is 1.52. The van der Waals surface area contributed by atoms with Crippen LogP contribution in [0.3, 0.4) is 0 Å². The summed E-state index contributed by atoms with van der Waals surface area (Å²) in [6.45, 7) is 1.84. The van der Waals surface area contributed by atoms with Crippen molar-refractivity contribution in [2.75, 3.05) is 5.32 Å². The van der Waals surface area contributed by atoms with E-state index in [1.165, 1.54) is 24.4 Å². The van der Waals surface area contributed by atoms with E-state index in [1.807, 2.05) is 13.0 Å². The number of benzene rings is 3. The molecular weight excluding hydrogens is 405 g/mol. The molecule has 0 amide bonds. The molecule has 6 nitrogen and oxygen atoms in total. The van der Waals surface area contributed by atoms with Gasteiger partial charge in [-0.15, -0.1) is 0 Å². The van der Waals surface area contributed by atoms with Crippen LogP contribution in [-0.2, 0) is 0 Å². The van der Waals surface area contributed by atoms with Gasteiger partial charge in [-0.1, -0.05) is 18.2 Å². The fourth-order valence-corrected chi connectivity index (χ4v) is 3.06. The van der Waals surface area contributed by atoms with E-state index in [-0.39, 0.29) is 17.6 Å². The van der Waals surface area contributed by atoms with Crippen molar-refractivity contribution in [3.8, 4) is 34.9 Å². The molecule has 4 rings (SSSR count). The van der Waals surface area contributed by atoms with Crippen molar-refractivity contribution >= 4 is 11.6 Å². The van der Waals surface area contributed by atoms with Crippen molar-refractivity contribution in [2.24, 2.45) is 0 Å². The summed E-state index contributed by atoms with van der Waals surface area (Å²) in [4.78, 5) is 8.39. The van der Waals surface area contributed by atoms with Gasteiger partial charge in [0.25, 0.3) is 0 Å². The Hall–Kier alpha value is -4.75. The van der Waals surface area contributed by atoms with Crippen molar-refractivity contribution in [3.05, 3.63) is 95.4 Å². The average Bonchev–Trinajstić information content (AvgIpc) is 2.81. The third kappa shape index (κ3) is 4.53. The van der Waals surface area contributed by atoms with E-state index in [4.69, 9.17) is 15.3 Å². The summed E-state index contributed by atoms with van der Waals surface area (Å²) in [5, 5.41) is 21.0. The Bertz CT molecular complexity index is 1370. The fraction of sp³-hybridized carbons (Fsp3) is 0.0400. The highest BCUT2D eigenvalue weighted by atomic mass is 19.1. The van der Waals surface area contributed by atoms with E-state index >= 15 is 0 Å². The lowest BCUT2D eigenvalue weighted by molar-refractivity contribution is 0.427. The van der Waals surface area contributed by atoms with E-state index in [1.54, 1.807) is 42.5 Å². The number of hydrogen-bond acceptors (Lipinski definition) is 6. The number of nitrogens with zero attached hydrogens (tertiary/aromatic N) is 4. The molecule has 0 unspecified atom stereocenters. The number of anilines is 2. The van der Waals surface area contributed by atoms with Gasteiger partial charge < -0.3 is 10.1 Å². The molecule has 0 fully saturated rings. The maximum atomic E-state index is 14.7. The molecule has 0 atom stereocenters. The van der Waals surface area contributed by atoms with Gasteiger partial charge >= 0.3 is 0 Å². The zero-order chi connectivity index (χ0) is 22.5. The maximum absolute atomic E-state index is 14.7. The molecule has 7 heteroatoms. The summed E-state index contributed by atoms with van der Waals surface area (Å²) >= 11 is 0. The summed E-state index contributed by atoms with van der Waals surface area (Å²) in [5.74, 6) is -0.0545. The molecule has 1 aromatic heterocycles. The molecule has 0 aliphatic heterocycles. The van der Waals surface area contributed by atoms with Gasteiger partial charge in [-0.05, 0) is 66.1 Å². The molecule has 0 aliphatic carbocycles. The molecule has 154 valence electrons. The maximum Gasteiger partial charge on any atom is 0.230 e. The normalized spacial score (nSPS) is 10.1. The van der Waals surface area contributed by atoms with Crippen molar-refractivity contribution in [1.29, 1.82) is 10.5 Å². The average molecular weight is 421 g/mol. The highest BCUT2D eigenvalue weighted by molar-refractivity contribution is 5.66. The lowest BCUT2D eigenvalue weighted by atomic mass is 10.0. The minimum atomic E-state index is -0.537. The Labute approximate surface area is 184 Å². The van der Waals surface area contributed by atoms with Crippen LogP contribution in [0.4, 0.5) is 16.0 Å². The van der Waals surface area contributed by atoms with E-state index < -0.39 is 5.82 Å². The second-order valence-corrected chi connectivity index (χ2v) is 6.92. The summed E-state index contributed by atoms with van der Waals surface area (Å²) in [6.07, 6.45) is 1.50. The fourth-order valence-electron chi connectivity index (χ4n) is 3.06. The molecule has 0 aliphatic rings. The predicted octanol–water partition coefficient (Wildman–Crippen LogP) is 5.87. The van der Waals surface area contributed by atoms with E-state index in [9.17, 15) is 4.39 Å². The molecule has 0 radical (unpaired) electrons. The third-order valence-corrected chi connectivity index (χ3v) is 4.73. The summed E-state index contributed by atoms with van der Waals surface area (Å²) in [6, 6.07) is 22.5. The van der Waals surface area contributed by atoms with Gasteiger partial charge in [-0.3, -0.25) is 0 Å². The first-order valence-electron chi connectivity index (χ1n) is 9.64. The topological polar surface area (TPSA) is 94.6 Å². The van der Waals surface area contributed by atoms with Crippen LogP contribution in [-0.4, -0.2) is 9.97 Å². The highest BCUT2D eigenvalue weighted by Crippen LogP contribution is 2.29. The van der Waals surface area contributed by atoms with Gasteiger partial charge in [0.15, 0.2) is 11.6 Å². The van der Waals surface area contributed by atoms with Crippen LogP contribution in [0.15, 0.2) is 72.9 Å². The molecule has 1 N–H and O–H groups in total. The molecular formula is C25H16FN5O. The number of hydrogen-bond donors (Lipinski definition) is 1. The van der Waals surface area contributed by atoms with Gasteiger partial charge in [-0.2, -0.15) is 15.5 Å². The number of aromatic nitrogens is 2. The van der Waals surface area contributed by atoms with E-state index in [0.29, 0.717) is 22.4 Å². The van der Waals surface area contributed by atoms with Crippen LogP contribution in [0.2, 0.25) is 0 Å². The second-order valence-electron chi connectivity index (χ2n) is 6.92. The van der Waals surface area contributed by atoms with Gasteiger partial charge in [0.05, 0.1) is 23.3 Å². The van der Waals surface area contributed by atoms with Crippen molar-refractivity contribution in [1.82, 2.24) is 9.97 Å². The number of halogens is 1. The monoisotopic (exact) mass is 421 g/mol. The van der Waals surface area contributed by atoms with Crippen LogP contribution in [0, 0.1) is 35.4 Å². The summed E-state index contributed by atoms with van der Waals surface area (Å²) in [5.41, 5.74) is 4.14. The van der Waals surface area contributed by atoms with Gasteiger partial charge in [0, 0.05) is 18.0 Å². The number of ether oxygens (including phenoxy) is 1. The number of nitriles is 2. The van der Waals surface area contributed by atoms with Gasteiger partial charge in [-0.25, -0.2) is 9.37 Å². The first kappa shape index (κ1) is 20.5. The first-order valence-corrected chi connectivity index (χ1v) is 9.64. The van der Waals surface area contributed by atoms with E-state index in [0.717, 1.165) is 11.1 Å². The Morgan fingerprint density at radius 1 is 0.906 bits per heavy atom. The van der Waals surface area contributed by atoms with Crippen LogP contribution >= 0.6 is 0 Å². The van der Waals surface area contributed by atoms with Gasteiger partial charge in [0.1, 0.15) is 0 Å². The third-order valence-electron chi connectivity index (χ3n) is 4.73. The summed E-state index contributed by atoms with van der Waals surface area (Å²) < 4.78 is 20.3. The first-order chi connectivity index (χ1) is 15.6. The molecule has 0 spiro atoms. The minimum Gasteiger partial charge on any atom is -0.436 e. The van der Waals surface area contributed by atoms with E-state index in [2.05, 4.69) is 27.4 Å². The molecule has 0 saturated carbocycles. The van der Waals surface area contributed by atoms with Crippen LogP contribution in [0.25, 0.3) is 11.1 Å². The largest absolute Gasteiger partial charge is 0.436 e. The van der Waals surface area contributed by atoms with Gasteiger partial charge in [0.2, 0.25) is 11.8 Å². The SMILES string of the molecule is Cc1cc(-c2ccc(Oc3ccnc(Nc4ccc(C#N)cc4)n3)c(F)c2)ccc1C#N. The minimum absolute atomic E-state index is 0.0298. The predicted molar refractivity (Wildman–Crippen MR) is 118 cm³/mol. The van der Waals surface area contributed by atoms with Crippen LogP contribution < -0.4 is 10.1 Å². The van der Waals surface area contributed by atoms with Crippen molar-refractivity contribution < 1.29 is 9.13 Å². The molecule has 1 heterocycles. The zero-order valence-corrected chi connectivity index (χ0v) is 17.0. The van der Waals surface area contributed by atoms with Crippen LogP contribution in [0.1, 0.15) is 16.7 Å². The zero-order valence-electron chi connectivity index (χ0n) is 17.0. The molecule has 0 bridgehead atoms. The smallest absolute Gasteiger partial charge is 0.230 e. The Morgan fingerprint density at radius 2 is 1.66 bits per heavy atom. The number of nitrogens with one attached hydrogen (secondary N) is 1. The summed E-state index contributed by atoms with van der Waals surface area (Å²) in [7, 11) is 0. The number of aryl methyl sites for hydroxylation is 1. The van der Waals surface area contributed by atoms with Crippen molar-refractivity contribution in [3.63, 3.8) is 0 Å². The lowest BCUT2D eigenvalue weighted by Gasteiger charge is -2.10. The second kappa shape index (κ2) is 8.95. The Kier molecular flexibility index (Phi) is 5.74. The van der Waals surface area contributed by atoms with Crippen LogP contribution in [0.5, 0.6) is 11.6 Å². The highest BCUT2D eigenvalue weighted by Gasteiger charge is 2.10. The molecule has 32 heavy (non-hydrogen) atoms. The lowest BCUT2D eigenvalue weighted by Crippen LogP contribution is -1.99. The Morgan fingerprint density at radius 3 is 2.34 bits per heavy atom. The quantitative estimate of drug-likeness (QED) is 0.433.